The van der Waals surface area contributed by atoms with E-state index >= 15 is 0 Å². The first kappa shape index (κ1) is 17.2. The molecule has 0 aliphatic carbocycles. The van der Waals surface area contributed by atoms with E-state index in [2.05, 4.69) is 10.3 Å². The van der Waals surface area contributed by atoms with Crippen molar-refractivity contribution >= 4 is 5.91 Å². The van der Waals surface area contributed by atoms with Gasteiger partial charge in [-0.3, -0.25) is 9.78 Å². The molecule has 0 aliphatic rings. The van der Waals surface area contributed by atoms with E-state index < -0.39 is 0 Å². The molecule has 4 nitrogen and oxygen atoms in total. The smallest absolute Gasteiger partial charge is 0.251 e. The number of nitrogens with zero attached hydrogens (tertiary/aromatic N) is 1. The Labute approximate surface area is 137 Å². The van der Waals surface area contributed by atoms with Gasteiger partial charge in [-0.1, -0.05) is 32.0 Å². The highest BCUT2D eigenvalue weighted by Gasteiger charge is 2.20. The minimum absolute atomic E-state index is 0.0914. The number of hydrogen-bond acceptors (Lipinski definition) is 3. The van der Waals surface area contributed by atoms with Crippen LogP contribution in [0.3, 0.4) is 0 Å². The normalized spacial score (nSPS) is 11.3. The van der Waals surface area contributed by atoms with Gasteiger partial charge in [-0.25, -0.2) is 0 Å². The zero-order valence-electron chi connectivity index (χ0n) is 14.0. The van der Waals surface area contributed by atoms with Crippen molar-refractivity contribution in [3.63, 3.8) is 0 Å². The largest absolute Gasteiger partial charge is 0.396 e. The quantitative estimate of drug-likeness (QED) is 0.861. The summed E-state index contributed by atoms with van der Waals surface area (Å²) in [5.74, 6) is -0.0914. The molecule has 23 heavy (non-hydrogen) atoms. The van der Waals surface area contributed by atoms with Crippen LogP contribution in [-0.2, 0) is 0 Å². The summed E-state index contributed by atoms with van der Waals surface area (Å²) in [4.78, 5) is 16.9. The molecular formula is C19H24N2O2. The predicted molar refractivity (Wildman–Crippen MR) is 92.2 cm³/mol. The molecule has 0 radical (unpaired) electrons. The van der Waals surface area contributed by atoms with Crippen molar-refractivity contribution in [3.8, 4) is 11.3 Å². The Morgan fingerprint density at radius 1 is 1.22 bits per heavy atom. The second-order valence-electron chi connectivity index (χ2n) is 6.51. The van der Waals surface area contributed by atoms with Gasteiger partial charge in [0.15, 0.2) is 0 Å². The van der Waals surface area contributed by atoms with Gasteiger partial charge in [0.05, 0.1) is 5.69 Å². The average Bonchev–Trinajstić information content (AvgIpc) is 2.54. The molecule has 2 rings (SSSR count). The highest BCUT2D eigenvalue weighted by atomic mass is 16.3. The molecule has 0 spiro atoms. The molecule has 2 aromatic rings. The van der Waals surface area contributed by atoms with Gasteiger partial charge in [-0.2, -0.15) is 0 Å². The molecule has 0 bridgehead atoms. The zero-order chi connectivity index (χ0) is 16.9. The van der Waals surface area contributed by atoms with E-state index in [0.717, 1.165) is 16.8 Å². The molecular weight excluding hydrogens is 288 g/mol. The van der Waals surface area contributed by atoms with Crippen LogP contribution in [0.4, 0.5) is 0 Å². The first-order chi connectivity index (χ1) is 10.9. The Morgan fingerprint density at radius 3 is 2.65 bits per heavy atom. The SMILES string of the molecule is Cc1c(C(=O)NCC(C)(C)CCO)cccc1-c1ccccn1. The fourth-order valence-corrected chi connectivity index (χ4v) is 2.49. The number of hydrogen-bond donors (Lipinski definition) is 2. The Hall–Kier alpha value is -2.20. The third-order valence-corrected chi connectivity index (χ3v) is 4.04. The van der Waals surface area contributed by atoms with E-state index in [1.165, 1.54) is 0 Å². The van der Waals surface area contributed by atoms with Crippen LogP contribution >= 0.6 is 0 Å². The number of aliphatic hydroxyl groups excluding tert-OH is 1. The van der Waals surface area contributed by atoms with Crippen molar-refractivity contribution in [2.45, 2.75) is 27.2 Å². The summed E-state index contributed by atoms with van der Waals surface area (Å²) in [6.07, 6.45) is 2.40. The highest BCUT2D eigenvalue weighted by Crippen LogP contribution is 2.24. The van der Waals surface area contributed by atoms with E-state index in [1.807, 2.05) is 57.2 Å². The number of rotatable bonds is 6. The minimum atomic E-state index is -0.128. The van der Waals surface area contributed by atoms with Crippen molar-refractivity contribution in [3.05, 3.63) is 53.7 Å². The molecule has 4 heteroatoms. The Kier molecular flexibility index (Phi) is 5.50. The fourth-order valence-electron chi connectivity index (χ4n) is 2.49. The zero-order valence-corrected chi connectivity index (χ0v) is 14.0. The first-order valence-electron chi connectivity index (χ1n) is 7.85. The standard InChI is InChI=1S/C19H24N2O2/c1-14-15(17-9-4-5-11-20-17)7-6-8-16(14)18(23)21-13-19(2,3)10-12-22/h4-9,11,22H,10,12-13H2,1-3H3,(H,21,23). The summed E-state index contributed by atoms with van der Waals surface area (Å²) in [6.45, 7) is 6.65. The van der Waals surface area contributed by atoms with Gasteiger partial charge in [0.25, 0.3) is 5.91 Å². The monoisotopic (exact) mass is 312 g/mol. The number of carbonyl (C=O) groups excluding carboxylic acids is 1. The van der Waals surface area contributed by atoms with Gasteiger partial charge in [0, 0.05) is 30.5 Å². The summed E-state index contributed by atoms with van der Waals surface area (Å²) >= 11 is 0. The van der Waals surface area contributed by atoms with Gasteiger partial charge in [0.1, 0.15) is 0 Å². The summed E-state index contributed by atoms with van der Waals surface area (Å²) < 4.78 is 0. The number of nitrogens with one attached hydrogen (secondary N) is 1. The highest BCUT2D eigenvalue weighted by molar-refractivity contribution is 5.97. The fraction of sp³-hybridized carbons (Fsp3) is 0.368. The van der Waals surface area contributed by atoms with Gasteiger partial charge < -0.3 is 10.4 Å². The molecule has 0 saturated heterocycles. The van der Waals surface area contributed by atoms with Crippen LogP contribution in [0.15, 0.2) is 42.6 Å². The van der Waals surface area contributed by atoms with Crippen molar-refractivity contribution in [1.82, 2.24) is 10.3 Å². The van der Waals surface area contributed by atoms with Crippen molar-refractivity contribution in [1.29, 1.82) is 0 Å². The van der Waals surface area contributed by atoms with Crippen LogP contribution in [-0.4, -0.2) is 29.1 Å². The lowest BCUT2D eigenvalue weighted by atomic mass is 9.89. The topological polar surface area (TPSA) is 62.2 Å². The maximum absolute atomic E-state index is 12.5. The summed E-state index contributed by atoms with van der Waals surface area (Å²) in [5.41, 5.74) is 3.28. The average molecular weight is 312 g/mol. The minimum Gasteiger partial charge on any atom is -0.396 e. The molecule has 1 aromatic heterocycles. The summed E-state index contributed by atoms with van der Waals surface area (Å²) in [5, 5.41) is 12.0. The molecule has 0 atom stereocenters. The van der Waals surface area contributed by atoms with Crippen LogP contribution < -0.4 is 5.32 Å². The van der Waals surface area contributed by atoms with Gasteiger partial charge >= 0.3 is 0 Å². The number of benzene rings is 1. The lowest BCUT2D eigenvalue weighted by Crippen LogP contribution is -2.34. The maximum atomic E-state index is 12.5. The van der Waals surface area contributed by atoms with Crippen molar-refractivity contribution in [2.24, 2.45) is 5.41 Å². The van der Waals surface area contributed by atoms with Crippen LogP contribution in [0, 0.1) is 12.3 Å². The van der Waals surface area contributed by atoms with Crippen molar-refractivity contribution < 1.29 is 9.90 Å². The van der Waals surface area contributed by atoms with E-state index in [-0.39, 0.29) is 17.9 Å². The number of amides is 1. The molecule has 122 valence electrons. The Balaban J connectivity index is 2.19. The lowest BCUT2D eigenvalue weighted by molar-refractivity contribution is 0.0927. The van der Waals surface area contributed by atoms with E-state index in [4.69, 9.17) is 5.11 Å². The van der Waals surface area contributed by atoms with Crippen molar-refractivity contribution in [2.75, 3.05) is 13.2 Å². The van der Waals surface area contributed by atoms with Gasteiger partial charge in [-0.15, -0.1) is 0 Å². The Morgan fingerprint density at radius 2 is 2.00 bits per heavy atom. The molecule has 0 fully saturated rings. The van der Waals surface area contributed by atoms with E-state index in [1.54, 1.807) is 6.20 Å². The molecule has 0 saturated carbocycles. The van der Waals surface area contributed by atoms with Crippen LogP contribution in [0.5, 0.6) is 0 Å². The molecule has 2 N–H and O–H groups in total. The van der Waals surface area contributed by atoms with Crippen LogP contribution in [0.2, 0.25) is 0 Å². The Bertz CT molecular complexity index is 666. The van der Waals surface area contributed by atoms with Gasteiger partial charge in [-0.05, 0) is 42.5 Å². The first-order valence-corrected chi connectivity index (χ1v) is 7.85. The number of carbonyl (C=O) groups is 1. The molecule has 1 aromatic carbocycles. The molecule has 1 amide bonds. The van der Waals surface area contributed by atoms with E-state index in [9.17, 15) is 4.79 Å². The molecule has 1 heterocycles. The van der Waals surface area contributed by atoms with Crippen LogP contribution in [0.25, 0.3) is 11.3 Å². The lowest BCUT2D eigenvalue weighted by Gasteiger charge is -2.24. The third-order valence-electron chi connectivity index (χ3n) is 4.04. The number of aliphatic hydroxyl groups is 1. The third kappa shape index (κ3) is 4.39. The van der Waals surface area contributed by atoms with E-state index in [0.29, 0.717) is 18.5 Å². The van der Waals surface area contributed by atoms with Crippen LogP contribution in [0.1, 0.15) is 36.2 Å². The summed E-state index contributed by atoms with van der Waals surface area (Å²) in [6, 6.07) is 11.4. The molecule has 0 aliphatic heterocycles. The number of aromatic nitrogens is 1. The second-order valence-corrected chi connectivity index (χ2v) is 6.51. The van der Waals surface area contributed by atoms with Gasteiger partial charge in [0.2, 0.25) is 0 Å². The maximum Gasteiger partial charge on any atom is 0.251 e. The second kappa shape index (κ2) is 7.38. The number of pyridine rings is 1. The summed E-state index contributed by atoms with van der Waals surface area (Å²) in [7, 11) is 0. The molecule has 0 unspecified atom stereocenters. The predicted octanol–water partition coefficient (Wildman–Crippen LogP) is 3.20.